The zero-order chi connectivity index (χ0) is 15.9. The summed E-state index contributed by atoms with van der Waals surface area (Å²) in [6.45, 7) is 2.23. The van der Waals surface area contributed by atoms with Crippen molar-refractivity contribution >= 4 is 21.9 Å². The first-order chi connectivity index (χ1) is 9.80. The molecule has 2 N–H and O–H groups in total. The van der Waals surface area contributed by atoms with Crippen molar-refractivity contribution in [2.24, 2.45) is 4.99 Å². The van der Waals surface area contributed by atoms with E-state index in [9.17, 15) is 17.6 Å². The number of halogens is 5. The van der Waals surface area contributed by atoms with Crippen LogP contribution in [0.15, 0.2) is 27.7 Å². The van der Waals surface area contributed by atoms with E-state index in [4.69, 9.17) is 0 Å². The molecule has 0 amide bonds. The molecule has 0 fully saturated rings. The molecule has 8 heteroatoms. The van der Waals surface area contributed by atoms with Crippen molar-refractivity contribution in [3.05, 3.63) is 34.1 Å². The van der Waals surface area contributed by atoms with E-state index in [0.29, 0.717) is 16.6 Å². The highest BCUT2D eigenvalue weighted by Gasteiger charge is 2.26. The van der Waals surface area contributed by atoms with E-state index in [1.807, 2.05) is 0 Å². The fourth-order valence-corrected chi connectivity index (χ4v) is 2.05. The summed E-state index contributed by atoms with van der Waals surface area (Å²) in [7, 11) is 0. The highest BCUT2D eigenvalue weighted by atomic mass is 79.9. The van der Waals surface area contributed by atoms with Crippen molar-refractivity contribution in [2.45, 2.75) is 26.1 Å². The molecule has 21 heavy (non-hydrogen) atoms. The van der Waals surface area contributed by atoms with Crippen molar-refractivity contribution in [3.8, 4) is 0 Å². The minimum atomic E-state index is -4.21. The summed E-state index contributed by atoms with van der Waals surface area (Å²) in [4.78, 5) is 4.13. The average Bonchev–Trinajstić information content (AvgIpc) is 2.33. The van der Waals surface area contributed by atoms with Gasteiger partial charge in [-0.05, 0) is 30.7 Å². The SMILES string of the molecule is CCNC(=NCc1cc(F)cc(Br)c1)NCCC(F)(F)F. The third-order valence-corrected chi connectivity index (χ3v) is 2.85. The molecule has 3 nitrogen and oxygen atoms in total. The van der Waals surface area contributed by atoms with Crippen molar-refractivity contribution in [2.75, 3.05) is 13.1 Å². The number of nitrogens with one attached hydrogen (secondary N) is 2. The van der Waals surface area contributed by atoms with Crippen molar-refractivity contribution in [1.29, 1.82) is 0 Å². The van der Waals surface area contributed by atoms with Crippen LogP contribution >= 0.6 is 15.9 Å². The van der Waals surface area contributed by atoms with Crippen LogP contribution in [0.5, 0.6) is 0 Å². The highest BCUT2D eigenvalue weighted by Crippen LogP contribution is 2.18. The Kier molecular flexibility index (Phi) is 6.94. The van der Waals surface area contributed by atoms with Crippen molar-refractivity contribution in [1.82, 2.24) is 10.6 Å². The molecule has 0 aliphatic carbocycles. The first kappa shape index (κ1) is 17.7. The second kappa shape index (κ2) is 8.21. The standard InChI is InChI=1S/C13H16BrF4N3/c1-2-19-12(20-4-3-13(16,17)18)21-8-9-5-10(14)7-11(15)6-9/h5-7H,2-4,8H2,1H3,(H2,19,20,21). The number of rotatable bonds is 5. The van der Waals surface area contributed by atoms with E-state index in [-0.39, 0.29) is 19.0 Å². The van der Waals surface area contributed by atoms with Gasteiger partial charge in [-0.1, -0.05) is 15.9 Å². The summed E-state index contributed by atoms with van der Waals surface area (Å²) >= 11 is 3.17. The van der Waals surface area contributed by atoms with Crippen LogP contribution in [0, 0.1) is 5.82 Å². The van der Waals surface area contributed by atoms with Crippen LogP contribution in [-0.2, 0) is 6.54 Å². The lowest BCUT2D eigenvalue weighted by Gasteiger charge is -2.12. The number of aliphatic imine (C=N–C) groups is 1. The van der Waals surface area contributed by atoms with Gasteiger partial charge in [0, 0.05) is 17.6 Å². The molecular formula is C13H16BrF4N3. The van der Waals surface area contributed by atoms with Crippen LogP contribution < -0.4 is 10.6 Å². The monoisotopic (exact) mass is 369 g/mol. The maximum Gasteiger partial charge on any atom is 0.390 e. The van der Waals surface area contributed by atoms with Gasteiger partial charge in [-0.2, -0.15) is 13.2 Å². The molecule has 0 unspecified atom stereocenters. The van der Waals surface area contributed by atoms with E-state index < -0.39 is 18.4 Å². The van der Waals surface area contributed by atoms with E-state index in [1.54, 1.807) is 13.0 Å². The summed E-state index contributed by atoms with van der Waals surface area (Å²) < 4.78 is 50.0. The molecular weight excluding hydrogens is 354 g/mol. The molecule has 0 spiro atoms. The predicted molar refractivity (Wildman–Crippen MR) is 77.6 cm³/mol. The van der Waals surface area contributed by atoms with Crippen molar-refractivity contribution < 1.29 is 17.6 Å². The molecule has 0 bridgehead atoms. The van der Waals surface area contributed by atoms with Crippen molar-refractivity contribution in [3.63, 3.8) is 0 Å². The first-order valence-electron chi connectivity index (χ1n) is 6.34. The number of alkyl halides is 3. The number of hydrogen-bond donors (Lipinski definition) is 2. The van der Waals surface area contributed by atoms with Crippen LogP contribution in [-0.4, -0.2) is 25.2 Å². The number of benzene rings is 1. The lowest BCUT2D eigenvalue weighted by atomic mass is 10.2. The van der Waals surface area contributed by atoms with Gasteiger partial charge < -0.3 is 10.6 Å². The Morgan fingerprint density at radius 1 is 1.24 bits per heavy atom. The van der Waals surface area contributed by atoms with Crippen LogP contribution in [0.25, 0.3) is 0 Å². The largest absolute Gasteiger partial charge is 0.390 e. The molecule has 0 saturated carbocycles. The minimum absolute atomic E-state index is 0.164. The Balaban J connectivity index is 2.62. The average molecular weight is 370 g/mol. The molecule has 0 radical (unpaired) electrons. The second-order valence-electron chi connectivity index (χ2n) is 4.26. The Bertz CT molecular complexity index is 469. The molecule has 118 valence electrons. The van der Waals surface area contributed by atoms with Gasteiger partial charge in [-0.3, -0.25) is 0 Å². The van der Waals surface area contributed by atoms with Gasteiger partial charge >= 0.3 is 6.18 Å². The topological polar surface area (TPSA) is 36.4 Å². The maximum absolute atomic E-state index is 13.2. The van der Waals surface area contributed by atoms with Gasteiger partial charge in [0.15, 0.2) is 5.96 Å². The molecule has 1 aromatic carbocycles. The third-order valence-electron chi connectivity index (χ3n) is 2.39. The maximum atomic E-state index is 13.2. The molecule has 0 saturated heterocycles. The minimum Gasteiger partial charge on any atom is -0.357 e. The lowest BCUT2D eigenvalue weighted by molar-refractivity contribution is -0.132. The van der Waals surface area contributed by atoms with Crippen LogP contribution in [0.2, 0.25) is 0 Å². The third kappa shape index (κ3) is 7.89. The van der Waals surface area contributed by atoms with Gasteiger partial charge in [0.1, 0.15) is 5.82 Å². The summed E-state index contributed by atoms with van der Waals surface area (Å²) in [5, 5.41) is 5.42. The van der Waals surface area contributed by atoms with Gasteiger partial charge in [0.05, 0.1) is 13.0 Å². The summed E-state index contributed by atoms with van der Waals surface area (Å²) in [6, 6.07) is 4.35. The fraction of sp³-hybridized carbons (Fsp3) is 0.462. The molecule has 0 aliphatic heterocycles. The summed E-state index contributed by atoms with van der Waals surface area (Å²) in [6.07, 6.45) is -5.15. The quantitative estimate of drug-likeness (QED) is 0.472. The predicted octanol–water partition coefficient (Wildman–Crippen LogP) is 3.60. The van der Waals surface area contributed by atoms with Crippen LogP contribution in [0.1, 0.15) is 18.9 Å². The molecule has 0 aromatic heterocycles. The van der Waals surface area contributed by atoms with Gasteiger partial charge in [0.25, 0.3) is 0 Å². The van der Waals surface area contributed by atoms with E-state index in [0.717, 1.165) is 0 Å². The Morgan fingerprint density at radius 2 is 1.95 bits per heavy atom. The highest BCUT2D eigenvalue weighted by molar-refractivity contribution is 9.10. The molecule has 1 rings (SSSR count). The number of guanidine groups is 1. The zero-order valence-electron chi connectivity index (χ0n) is 11.4. The van der Waals surface area contributed by atoms with Crippen LogP contribution in [0.4, 0.5) is 17.6 Å². The second-order valence-corrected chi connectivity index (χ2v) is 5.18. The van der Waals surface area contributed by atoms with Gasteiger partial charge in [-0.15, -0.1) is 0 Å². The molecule has 0 heterocycles. The van der Waals surface area contributed by atoms with Gasteiger partial charge in [-0.25, -0.2) is 9.38 Å². The Labute approximate surface area is 129 Å². The lowest BCUT2D eigenvalue weighted by Crippen LogP contribution is -2.38. The van der Waals surface area contributed by atoms with E-state index in [2.05, 4.69) is 31.6 Å². The fourth-order valence-electron chi connectivity index (χ4n) is 1.54. The van der Waals surface area contributed by atoms with E-state index >= 15 is 0 Å². The number of nitrogens with zero attached hydrogens (tertiary/aromatic N) is 1. The summed E-state index contributed by atoms with van der Waals surface area (Å²) in [5.41, 5.74) is 0.620. The number of hydrogen-bond acceptors (Lipinski definition) is 1. The van der Waals surface area contributed by atoms with Crippen LogP contribution in [0.3, 0.4) is 0 Å². The summed E-state index contributed by atoms with van der Waals surface area (Å²) in [5.74, 6) is -0.133. The Morgan fingerprint density at radius 3 is 2.52 bits per heavy atom. The molecule has 1 aromatic rings. The van der Waals surface area contributed by atoms with E-state index in [1.165, 1.54) is 12.1 Å². The Hall–Kier alpha value is -1.31. The smallest absolute Gasteiger partial charge is 0.357 e. The first-order valence-corrected chi connectivity index (χ1v) is 7.13. The molecule has 0 aliphatic rings. The van der Waals surface area contributed by atoms with Gasteiger partial charge in [0.2, 0.25) is 0 Å². The normalized spacial score (nSPS) is 12.4. The zero-order valence-corrected chi connectivity index (χ0v) is 13.0. The molecule has 0 atom stereocenters.